The zero-order valence-electron chi connectivity index (χ0n) is 24.0. The predicted molar refractivity (Wildman–Crippen MR) is 153 cm³/mol. The van der Waals surface area contributed by atoms with Gasteiger partial charge < -0.3 is 9.80 Å². The highest BCUT2D eigenvalue weighted by Gasteiger charge is 2.34. The number of piperidine rings is 1. The van der Waals surface area contributed by atoms with Gasteiger partial charge in [0.1, 0.15) is 0 Å². The van der Waals surface area contributed by atoms with Crippen LogP contribution in [0.5, 0.6) is 0 Å². The Morgan fingerprint density at radius 2 is 1.68 bits per heavy atom. The third-order valence-electron chi connectivity index (χ3n) is 8.22. The number of nitrogens with zero attached hydrogens (tertiary/aromatic N) is 3. The van der Waals surface area contributed by atoms with Gasteiger partial charge >= 0.3 is 0 Å². The Labute approximate surface area is 231 Å². The van der Waals surface area contributed by atoms with Crippen molar-refractivity contribution >= 4 is 21.8 Å². The van der Waals surface area contributed by atoms with Crippen molar-refractivity contribution in [1.29, 1.82) is 0 Å². The van der Waals surface area contributed by atoms with Crippen LogP contribution in [0.2, 0.25) is 0 Å². The molecule has 8 heteroatoms. The maximum Gasteiger partial charge on any atom is 0.238 e. The van der Waals surface area contributed by atoms with Gasteiger partial charge in [-0.3, -0.25) is 9.59 Å². The maximum absolute atomic E-state index is 13.9. The molecule has 0 N–H and O–H groups in total. The standard InChI is InChI=1S/C30H49N3O4S/c1-5-21-38(36,37)32(20-15-24(2)3)23-29(34)33(22-27-14-10-9-11-25(27)4)28-16-18-31(19-17-28)30(35)26-12-7-6-8-13-26/h9-11,14,24,26,28H,5-8,12-13,15-23H2,1-4H3. The van der Waals surface area contributed by atoms with Gasteiger partial charge in [0.15, 0.2) is 0 Å². The molecular weight excluding hydrogens is 498 g/mol. The number of likely N-dealkylation sites (tertiary alicyclic amines) is 1. The van der Waals surface area contributed by atoms with Crippen molar-refractivity contribution in [2.24, 2.45) is 11.8 Å². The van der Waals surface area contributed by atoms with Crippen LogP contribution in [0, 0.1) is 18.8 Å². The van der Waals surface area contributed by atoms with Crippen molar-refractivity contribution in [3.8, 4) is 0 Å². The lowest BCUT2D eigenvalue weighted by Crippen LogP contribution is -2.52. The van der Waals surface area contributed by atoms with Crippen molar-refractivity contribution in [2.75, 3.05) is 31.9 Å². The summed E-state index contributed by atoms with van der Waals surface area (Å²) in [5.74, 6) is 0.693. The summed E-state index contributed by atoms with van der Waals surface area (Å²) >= 11 is 0. The zero-order chi connectivity index (χ0) is 27.7. The molecule has 7 nitrogen and oxygen atoms in total. The van der Waals surface area contributed by atoms with Crippen molar-refractivity contribution in [1.82, 2.24) is 14.1 Å². The third-order valence-corrected chi connectivity index (χ3v) is 10.2. The minimum atomic E-state index is -3.51. The number of carbonyl (C=O) groups is 2. The molecule has 2 amide bonds. The van der Waals surface area contributed by atoms with Gasteiger partial charge in [-0.15, -0.1) is 0 Å². The van der Waals surface area contributed by atoms with Crippen LogP contribution in [0.3, 0.4) is 0 Å². The molecule has 2 aliphatic rings. The van der Waals surface area contributed by atoms with Gasteiger partial charge in [0, 0.05) is 38.1 Å². The molecule has 1 heterocycles. The highest BCUT2D eigenvalue weighted by Crippen LogP contribution is 2.28. The molecule has 0 unspecified atom stereocenters. The second-order valence-corrected chi connectivity index (χ2v) is 13.8. The Kier molecular flexibility index (Phi) is 11.6. The van der Waals surface area contributed by atoms with E-state index in [1.165, 1.54) is 10.7 Å². The molecular formula is C30H49N3O4S. The summed E-state index contributed by atoms with van der Waals surface area (Å²) < 4.78 is 27.5. The molecule has 0 radical (unpaired) electrons. The lowest BCUT2D eigenvalue weighted by Gasteiger charge is -2.40. The van der Waals surface area contributed by atoms with E-state index in [9.17, 15) is 18.0 Å². The Hall–Kier alpha value is -1.93. The Bertz CT molecular complexity index is 1010. The summed E-state index contributed by atoms with van der Waals surface area (Å²) in [6.45, 7) is 10.0. The third kappa shape index (κ3) is 8.54. The van der Waals surface area contributed by atoms with Gasteiger partial charge in [0.05, 0.1) is 12.3 Å². The molecule has 1 aliphatic heterocycles. The highest BCUT2D eigenvalue weighted by molar-refractivity contribution is 7.89. The first-order valence-corrected chi connectivity index (χ1v) is 16.3. The second kappa shape index (κ2) is 14.5. The minimum absolute atomic E-state index is 0.0154. The fourth-order valence-corrected chi connectivity index (χ4v) is 7.21. The normalized spacial score (nSPS) is 17.8. The predicted octanol–water partition coefficient (Wildman–Crippen LogP) is 4.98. The summed E-state index contributed by atoms with van der Waals surface area (Å²) in [4.78, 5) is 30.9. The Balaban J connectivity index is 1.76. The number of amides is 2. The van der Waals surface area contributed by atoms with E-state index in [1.807, 2.05) is 47.9 Å². The van der Waals surface area contributed by atoms with E-state index in [4.69, 9.17) is 0 Å². The van der Waals surface area contributed by atoms with Crippen LogP contribution in [0.25, 0.3) is 0 Å². The van der Waals surface area contributed by atoms with Crippen molar-refractivity contribution < 1.29 is 18.0 Å². The molecule has 0 atom stereocenters. The average Bonchev–Trinajstić information content (AvgIpc) is 2.90. The van der Waals surface area contributed by atoms with Crippen LogP contribution in [-0.2, 0) is 26.2 Å². The van der Waals surface area contributed by atoms with E-state index in [-0.39, 0.29) is 36.1 Å². The first-order valence-electron chi connectivity index (χ1n) is 14.7. The molecule has 0 aromatic heterocycles. The summed E-state index contributed by atoms with van der Waals surface area (Å²) in [5, 5.41) is 0. The molecule has 1 saturated heterocycles. The van der Waals surface area contributed by atoms with Crippen LogP contribution in [0.1, 0.15) is 89.7 Å². The Morgan fingerprint density at radius 3 is 2.29 bits per heavy atom. The first-order chi connectivity index (χ1) is 18.1. The summed E-state index contributed by atoms with van der Waals surface area (Å²) in [5.41, 5.74) is 2.19. The quantitative estimate of drug-likeness (QED) is 0.370. The van der Waals surface area contributed by atoms with Crippen molar-refractivity contribution in [2.45, 2.75) is 98.1 Å². The molecule has 2 fully saturated rings. The topological polar surface area (TPSA) is 78.0 Å². The van der Waals surface area contributed by atoms with Gasteiger partial charge in [-0.2, -0.15) is 4.31 Å². The van der Waals surface area contributed by atoms with Gasteiger partial charge in [-0.25, -0.2) is 8.42 Å². The smallest absolute Gasteiger partial charge is 0.238 e. The molecule has 0 spiro atoms. The molecule has 1 aliphatic carbocycles. The van der Waals surface area contributed by atoms with Gasteiger partial charge in [0.25, 0.3) is 0 Å². The highest BCUT2D eigenvalue weighted by atomic mass is 32.2. The number of hydrogen-bond acceptors (Lipinski definition) is 4. The van der Waals surface area contributed by atoms with Crippen molar-refractivity contribution in [3.05, 3.63) is 35.4 Å². The van der Waals surface area contributed by atoms with Gasteiger partial charge in [-0.1, -0.05) is 64.3 Å². The van der Waals surface area contributed by atoms with E-state index >= 15 is 0 Å². The average molecular weight is 548 g/mol. The van der Waals surface area contributed by atoms with Crippen LogP contribution in [-0.4, -0.2) is 72.3 Å². The van der Waals surface area contributed by atoms with Gasteiger partial charge in [-0.05, 0) is 62.5 Å². The molecule has 1 saturated carbocycles. The summed E-state index contributed by atoms with van der Waals surface area (Å²) in [7, 11) is -3.51. The molecule has 3 rings (SSSR count). The largest absolute Gasteiger partial charge is 0.342 e. The number of rotatable bonds is 12. The molecule has 0 bridgehead atoms. The minimum Gasteiger partial charge on any atom is -0.342 e. The number of sulfonamides is 1. The molecule has 1 aromatic rings. The lowest BCUT2D eigenvalue weighted by molar-refractivity contribution is -0.140. The second-order valence-electron chi connectivity index (χ2n) is 11.7. The fourth-order valence-electron chi connectivity index (χ4n) is 5.75. The van der Waals surface area contributed by atoms with Crippen LogP contribution in [0.4, 0.5) is 0 Å². The van der Waals surface area contributed by atoms with E-state index in [2.05, 4.69) is 13.8 Å². The number of aryl methyl sites for hydroxylation is 1. The van der Waals surface area contributed by atoms with Crippen LogP contribution in [0.15, 0.2) is 24.3 Å². The molecule has 38 heavy (non-hydrogen) atoms. The lowest BCUT2D eigenvalue weighted by atomic mass is 9.87. The number of benzene rings is 1. The van der Waals surface area contributed by atoms with Crippen LogP contribution < -0.4 is 0 Å². The van der Waals surface area contributed by atoms with Gasteiger partial charge in [0.2, 0.25) is 21.8 Å². The summed E-state index contributed by atoms with van der Waals surface area (Å²) in [6.07, 6.45) is 8.19. The fraction of sp³-hybridized carbons (Fsp3) is 0.733. The number of carbonyl (C=O) groups excluding carboxylic acids is 2. The van der Waals surface area contributed by atoms with E-state index in [0.717, 1.165) is 56.1 Å². The van der Waals surface area contributed by atoms with Crippen LogP contribution >= 0.6 is 0 Å². The summed E-state index contributed by atoms with van der Waals surface area (Å²) in [6, 6.07) is 8.05. The molecule has 1 aromatic carbocycles. The first kappa shape index (κ1) is 30.6. The number of hydrogen-bond donors (Lipinski definition) is 0. The van der Waals surface area contributed by atoms with E-state index in [0.29, 0.717) is 38.5 Å². The Morgan fingerprint density at radius 1 is 1.03 bits per heavy atom. The van der Waals surface area contributed by atoms with E-state index < -0.39 is 10.0 Å². The monoisotopic (exact) mass is 547 g/mol. The zero-order valence-corrected chi connectivity index (χ0v) is 24.8. The maximum atomic E-state index is 13.9. The van der Waals surface area contributed by atoms with Crippen molar-refractivity contribution in [3.63, 3.8) is 0 Å². The SMILES string of the molecule is CCCS(=O)(=O)N(CCC(C)C)CC(=O)N(Cc1ccccc1C)C1CCN(C(=O)C2CCCCC2)CC1. The van der Waals surface area contributed by atoms with E-state index in [1.54, 1.807) is 0 Å². The molecule has 214 valence electrons.